The number of aromatic hydroxyl groups is 1. The van der Waals surface area contributed by atoms with Crippen LogP contribution in [0.2, 0.25) is 0 Å². The van der Waals surface area contributed by atoms with E-state index in [2.05, 4.69) is 5.73 Å². The van der Waals surface area contributed by atoms with E-state index in [0.29, 0.717) is 17.0 Å². The summed E-state index contributed by atoms with van der Waals surface area (Å²) >= 11 is 5.51. The average molecular weight is 353 g/mol. The van der Waals surface area contributed by atoms with E-state index in [9.17, 15) is 10.2 Å². The minimum atomic E-state index is -0.0769. The minimum Gasteiger partial charge on any atom is -0.493 e. The van der Waals surface area contributed by atoms with Gasteiger partial charge in [0.15, 0.2) is 4.77 Å². The van der Waals surface area contributed by atoms with Crippen molar-refractivity contribution in [2.45, 2.75) is 6.54 Å². The van der Waals surface area contributed by atoms with Crippen molar-refractivity contribution in [3.05, 3.63) is 76.7 Å². The summed E-state index contributed by atoms with van der Waals surface area (Å²) in [6.07, 6.45) is 9.39. The molecule has 0 atom stereocenters. The molecular formula is C19H19N3O2S. The Balaban J connectivity index is 2.17. The lowest BCUT2D eigenvalue weighted by Gasteiger charge is -2.15. The Morgan fingerprint density at radius 1 is 1.20 bits per heavy atom. The Labute approximate surface area is 151 Å². The zero-order valence-electron chi connectivity index (χ0n) is 13.8. The molecule has 0 spiro atoms. The SMILES string of the molecule is CN1C=CC=CC1=C=Cc1c(O)n(-c2ccccc2)c(=S)n1CCO. The van der Waals surface area contributed by atoms with Gasteiger partial charge in [-0.15, -0.1) is 0 Å². The van der Waals surface area contributed by atoms with E-state index in [1.54, 1.807) is 15.2 Å². The van der Waals surface area contributed by atoms with Gasteiger partial charge in [0, 0.05) is 25.9 Å². The van der Waals surface area contributed by atoms with Crippen LogP contribution in [-0.2, 0) is 6.54 Å². The second-order valence-corrected chi connectivity index (χ2v) is 5.89. The lowest BCUT2D eigenvalue weighted by molar-refractivity contribution is 0.274. The van der Waals surface area contributed by atoms with Gasteiger partial charge < -0.3 is 19.7 Å². The molecule has 0 saturated carbocycles. The number of hydrogen-bond acceptors (Lipinski definition) is 4. The minimum absolute atomic E-state index is 0.0238. The fraction of sp³-hybridized carbons (Fsp3) is 0.158. The van der Waals surface area contributed by atoms with E-state index in [-0.39, 0.29) is 12.5 Å². The van der Waals surface area contributed by atoms with Crippen molar-refractivity contribution in [1.82, 2.24) is 14.0 Å². The zero-order chi connectivity index (χ0) is 17.8. The van der Waals surface area contributed by atoms with Gasteiger partial charge in [0.05, 0.1) is 18.0 Å². The topological polar surface area (TPSA) is 53.6 Å². The lowest BCUT2D eigenvalue weighted by Crippen LogP contribution is -2.09. The van der Waals surface area contributed by atoms with Crippen LogP contribution in [0, 0.1) is 4.77 Å². The first-order valence-corrected chi connectivity index (χ1v) is 8.29. The summed E-state index contributed by atoms with van der Waals surface area (Å²) in [5.74, 6) is 0.0238. The molecule has 0 amide bonds. The molecule has 1 aromatic carbocycles. The first-order valence-electron chi connectivity index (χ1n) is 7.88. The van der Waals surface area contributed by atoms with E-state index >= 15 is 0 Å². The number of aliphatic hydroxyl groups is 1. The largest absolute Gasteiger partial charge is 0.493 e. The number of aromatic nitrogens is 2. The molecule has 0 unspecified atom stereocenters. The van der Waals surface area contributed by atoms with Gasteiger partial charge in [-0.1, -0.05) is 30.0 Å². The summed E-state index contributed by atoms with van der Waals surface area (Å²) in [6.45, 7) is 0.215. The number of hydrogen-bond donors (Lipinski definition) is 2. The highest BCUT2D eigenvalue weighted by molar-refractivity contribution is 7.71. The summed E-state index contributed by atoms with van der Waals surface area (Å²) in [7, 11) is 1.92. The van der Waals surface area contributed by atoms with Crippen LogP contribution in [0.25, 0.3) is 11.8 Å². The third-order valence-electron chi connectivity index (χ3n) is 3.90. The van der Waals surface area contributed by atoms with Crippen LogP contribution < -0.4 is 0 Å². The van der Waals surface area contributed by atoms with Crippen LogP contribution in [-0.4, -0.2) is 37.9 Å². The molecule has 6 heteroatoms. The molecular weight excluding hydrogens is 334 g/mol. The molecule has 5 nitrogen and oxygen atoms in total. The molecule has 0 radical (unpaired) electrons. The van der Waals surface area contributed by atoms with Crippen LogP contribution >= 0.6 is 12.2 Å². The van der Waals surface area contributed by atoms with Crippen molar-refractivity contribution in [2.75, 3.05) is 13.7 Å². The molecule has 25 heavy (non-hydrogen) atoms. The molecule has 0 bridgehead atoms. The van der Waals surface area contributed by atoms with Gasteiger partial charge in [0.1, 0.15) is 5.69 Å². The number of nitrogens with zero attached hydrogens (tertiary/aromatic N) is 3. The maximum atomic E-state index is 10.7. The molecule has 0 aliphatic carbocycles. The van der Waals surface area contributed by atoms with Crippen molar-refractivity contribution in [3.8, 4) is 11.6 Å². The third-order valence-corrected chi connectivity index (χ3v) is 4.31. The fourth-order valence-corrected chi connectivity index (χ4v) is 3.02. The summed E-state index contributed by atoms with van der Waals surface area (Å²) in [6, 6.07) is 9.40. The highest BCUT2D eigenvalue weighted by atomic mass is 32.1. The van der Waals surface area contributed by atoms with Gasteiger partial charge in [-0.05, 0) is 36.5 Å². The van der Waals surface area contributed by atoms with Crippen molar-refractivity contribution < 1.29 is 10.2 Å². The van der Waals surface area contributed by atoms with Crippen LogP contribution in [0.5, 0.6) is 5.88 Å². The summed E-state index contributed by atoms with van der Waals surface area (Å²) < 4.78 is 3.71. The number of imidazole rings is 1. The molecule has 2 heterocycles. The van der Waals surface area contributed by atoms with Crippen LogP contribution in [0.4, 0.5) is 0 Å². The van der Waals surface area contributed by atoms with E-state index in [1.807, 2.05) is 66.7 Å². The van der Waals surface area contributed by atoms with Gasteiger partial charge in [0.25, 0.3) is 0 Å². The third kappa shape index (κ3) is 3.37. The van der Waals surface area contributed by atoms with Crippen LogP contribution in [0.15, 0.2) is 66.2 Å². The molecule has 3 rings (SSSR count). The quantitative estimate of drug-likeness (QED) is 0.655. The summed E-state index contributed by atoms with van der Waals surface area (Å²) in [5, 5.41) is 20.1. The van der Waals surface area contributed by atoms with Gasteiger partial charge in [-0.2, -0.15) is 0 Å². The highest BCUT2D eigenvalue weighted by Gasteiger charge is 2.16. The van der Waals surface area contributed by atoms with Crippen molar-refractivity contribution in [3.63, 3.8) is 0 Å². The van der Waals surface area contributed by atoms with Gasteiger partial charge >= 0.3 is 0 Å². The predicted molar refractivity (Wildman–Crippen MR) is 101 cm³/mol. The van der Waals surface area contributed by atoms with Crippen LogP contribution in [0.3, 0.4) is 0 Å². The molecule has 1 aliphatic heterocycles. The predicted octanol–water partition coefficient (Wildman–Crippen LogP) is 3.22. The summed E-state index contributed by atoms with van der Waals surface area (Å²) in [4.78, 5) is 1.92. The van der Waals surface area contributed by atoms with Crippen molar-refractivity contribution in [1.29, 1.82) is 0 Å². The smallest absolute Gasteiger partial charge is 0.223 e. The number of rotatable bonds is 4. The average Bonchev–Trinajstić information content (AvgIpc) is 2.86. The monoisotopic (exact) mass is 353 g/mol. The van der Waals surface area contributed by atoms with E-state index < -0.39 is 0 Å². The molecule has 2 aromatic rings. The number of aliphatic hydroxyl groups excluding tert-OH is 1. The molecule has 1 aliphatic rings. The molecule has 0 fully saturated rings. The fourth-order valence-electron chi connectivity index (χ4n) is 2.63. The van der Waals surface area contributed by atoms with Gasteiger partial charge in [-0.3, -0.25) is 4.57 Å². The van der Waals surface area contributed by atoms with Crippen molar-refractivity contribution >= 4 is 18.3 Å². The first-order chi connectivity index (χ1) is 12.1. The molecule has 1 aromatic heterocycles. The number of para-hydroxylation sites is 1. The molecule has 2 N–H and O–H groups in total. The van der Waals surface area contributed by atoms with Crippen molar-refractivity contribution in [2.24, 2.45) is 0 Å². The second kappa shape index (κ2) is 7.40. The maximum Gasteiger partial charge on any atom is 0.223 e. The normalized spacial score (nSPS) is 13.2. The van der Waals surface area contributed by atoms with E-state index in [1.165, 1.54) is 0 Å². The Morgan fingerprint density at radius 2 is 1.96 bits per heavy atom. The number of allylic oxidation sites excluding steroid dienone is 3. The van der Waals surface area contributed by atoms with Gasteiger partial charge in [-0.25, -0.2) is 0 Å². The molecule has 128 valence electrons. The summed E-state index contributed by atoms with van der Waals surface area (Å²) in [5.41, 5.74) is 5.31. The lowest BCUT2D eigenvalue weighted by atomic mass is 10.3. The Morgan fingerprint density at radius 3 is 2.64 bits per heavy atom. The zero-order valence-corrected chi connectivity index (χ0v) is 14.6. The number of benzene rings is 1. The van der Waals surface area contributed by atoms with Crippen LogP contribution in [0.1, 0.15) is 5.69 Å². The standard InChI is InChI=1S/C19H19N3O2S/c1-20-12-6-5-7-15(20)10-11-17-18(24)22(16-8-3-2-4-9-16)19(25)21(17)13-14-23/h2-9,11-12,23-24H,13-14H2,1H3. The number of likely N-dealkylation sites (N-methyl/N-ethyl adjacent to an activating group) is 1. The van der Waals surface area contributed by atoms with E-state index in [4.69, 9.17) is 12.2 Å². The van der Waals surface area contributed by atoms with E-state index in [0.717, 1.165) is 11.4 Å². The Hall–Kier alpha value is -2.79. The highest BCUT2D eigenvalue weighted by Crippen LogP contribution is 2.26. The van der Waals surface area contributed by atoms with Gasteiger partial charge in [0.2, 0.25) is 5.88 Å². The maximum absolute atomic E-state index is 10.7. The Kier molecular flexibility index (Phi) is 5.05. The first kappa shape index (κ1) is 17.0. The molecule has 0 saturated heterocycles. The second-order valence-electron chi connectivity index (χ2n) is 5.52. The Bertz CT molecular complexity index is 945.